The van der Waals surface area contributed by atoms with E-state index in [1.54, 1.807) is 25.1 Å². The maximum absolute atomic E-state index is 12.0. The molecule has 104 valence electrons. The largest absolute Gasteiger partial charge is 0.399 e. The van der Waals surface area contributed by atoms with Gasteiger partial charge in [0.1, 0.15) is 0 Å². The lowest BCUT2D eigenvalue weighted by Gasteiger charge is -2.12. The monoisotopic (exact) mass is 282 g/mol. The number of amides is 1. The van der Waals surface area contributed by atoms with Gasteiger partial charge in [0.25, 0.3) is 5.91 Å². The summed E-state index contributed by atoms with van der Waals surface area (Å²) in [7, 11) is -3.02. The van der Waals surface area contributed by atoms with Crippen molar-refractivity contribution in [1.29, 1.82) is 0 Å². The van der Waals surface area contributed by atoms with Gasteiger partial charge in [-0.25, -0.2) is 8.42 Å². The highest BCUT2D eigenvalue weighted by atomic mass is 32.2. The molecule has 1 aliphatic heterocycles. The van der Waals surface area contributed by atoms with Crippen molar-refractivity contribution in [1.82, 2.24) is 5.32 Å². The summed E-state index contributed by atoms with van der Waals surface area (Å²) in [4.78, 5) is 12.0. The third-order valence-electron chi connectivity index (χ3n) is 3.45. The van der Waals surface area contributed by atoms with Crippen molar-refractivity contribution in [2.75, 3.05) is 18.0 Å². The third-order valence-corrected chi connectivity index (χ3v) is 5.72. The van der Waals surface area contributed by atoms with Crippen LogP contribution in [0, 0.1) is 6.92 Å². The molecule has 5 nitrogen and oxygen atoms in total. The summed E-state index contributed by atoms with van der Waals surface area (Å²) in [6, 6.07) is 5.04. The molecule has 0 spiro atoms. The number of nitrogen functional groups attached to an aromatic ring is 1. The zero-order chi connectivity index (χ0) is 14.0. The van der Waals surface area contributed by atoms with Crippen molar-refractivity contribution in [2.24, 2.45) is 0 Å². The number of hydrogen-bond donors (Lipinski definition) is 2. The van der Waals surface area contributed by atoms with Gasteiger partial charge in [0.2, 0.25) is 0 Å². The minimum absolute atomic E-state index is 0.185. The Labute approximate surface area is 113 Å². The maximum Gasteiger partial charge on any atom is 0.251 e. The fourth-order valence-corrected chi connectivity index (χ4v) is 4.10. The number of nitrogens with two attached hydrogens (primary N) is 1. The molecule has 1 atom stereocenters. The molecule has 0 aromatic heterocycles. The van der Waals surface area contributed by atoms with Gasteiger partial charge in [-0.15, -0.1) is 0 Å². The highest BCUT2D eigenvalue weighted by Crippen LogP contribution is 2.19. The Hall–Kier alpha value is -1.56. The molecule has 1 aromatic rings. The molecule has 1 unspecified atom stereocenters. The Kier molecular flexibility index (Phi) is 3.80. The lowest BCUT2D eigenvalue weighted by Crippen LogP contribution is -2.34. The number of sulfone groups is 1. The predicted molar refractivity (Wildman–Crippen MR) is 74.7 cm³/mol. The van der Waals surface area contributed by atoms with E-state index in [0.29, 0.717) is 24.1 Å². The standard InChI is InChI=1S/C13H18N2O3S/c1-9-7-10(14)4-5-12(9)13(16)15-8-11-3-2-6-19(11,17)18/h4-5,7,11H,2-3,6,8,14H2,1H3,(H,15,16). The first-order chi connectivity index (χ1) is 8.90. The molecule has 1 heterocycles. The van der Waals surface area contributed by atoms with Crippen LogP contribution in [0.25, 0.3) is 0 Å². The SMILES string of the molecule is Cc1cc(N)ccc1C(=O)NCC1CCCS1(=O)=O. The highest BCUT2D eigenvalue weighted by molar-refractivity contribution is 7.92. The molecule has 0 bridgehead atoms. The van der Waals surface area contributed by atoms with Crippen LogP contribution in [0.1, 0.15) is 28.8 Å². The van der Waals surface area contributed by atoms with Gasteiger partial charge in [-0.2, -0.15) is 0 Å². The molecule has 6 heteroatoms. The number of carbonyl (C=O) groups is 1. The Morgan fingerprint density at radius 1 is 1.47 bits per heavy atom. The van der Waals surface area contributed by atoms with Gasteiger partial charge < -0.3 is 11.1 Å². The van der Waals surface area contributed by atoms with Gasteiger partial charge in [0, 0.05) is 17.8 Å². The number of hydrogen-bond acceptors (Lipinski definition) is 4. The van der Waals surface area contributed by atoms with Crippen molar-refractivity contribution in [3.8, 4) is 0 Å². The average Bonchev–Trinajstić information content (AvgIpc) is 2.65. The van der Waals surface area contributed by atoms with Gasteiger partial charge in [-0.1, -0.05) is 0 Å². The van der Waals surface area contributed by atoms with E-state index in [2.05, 4.69) is 5.32 Å². The van der Waals surface area contributed by atoms with Crippen LogP contribution >= 0.6 is 0 Å². The topological polar surface area (TPSA) is 89.3 Å². The first-order valence-corrected chi connectivity index (χ1v) is 7.97. The molecule has 0 radical (unpaired) electrons. The smallest absolute Gasteiger partial charge is 0.251 e. The summed E-state index contributed by atoms with van der Waals surface area (Å²) in [5.41, 5.74) is 7.55. The molecule has 1 amide bonds. The van der Waals surface area contributed by atoms with Crippen LogP contribution in [-0.4, -0.2) is 31.9 Å². The zero-order valence-electron chi connectivity index (χ0n) is 10.8. The van der Waals surface area contributed by atoms with Crippen LogP contribution in [0.15, 0.2) is 18.2 Å². The summed E-state index contributed by atoms with van der Waals surface area (Å²) in [5.74, 6) is -0.0198. The molecular weight excluding hydrogens is 264 g/mol. The molecule has 2 rings (SSSR count). The van der Waals surface area contributed by atoms with Crippen molar-refractivity contribution in [3.63, 3.8) is 0 Å². The second kappa shape index (κ2) is 5.21. The van der Waals surface area contributed by atoms with Gasteiger partial charge >= 0.3 is 0 Å². The molecule has 19 heavy (non-hydrogen) atoms. The minimum Gasteiger partial charge on any atom is -0.399 e. The van der Waals surface area contributed by atoms with Crippen LogP contribution in [-0.2, 0) is 9.84 Å². The van der Waals surface area contributed by atoms with Crippen LogP contribution < -0.4 is 11.1 Å². The quantitative estimate of drug-likeness (QED) is 0.806. The second-order valence-electron chi connectivity index (χ2n) is 4.92. The van der Waals surface area contributed by atoms with Gasteiger partial charge in [-0.05, 0) is 43.5 Å². The zero-order valence-corrected chi connectivity index (χ0v) is 11.7. The van der Waals surface area contributed by atoms with Crippen molar-refractivity contribution in [2.45, 2.75) is 25.0 Å². The lowest BCUT2D eigenvalue weighted by atomic mass is 10.1. The van der Waals surface area contributed by atoms with Crippen LogP contribution in [0.5, 0.6) is 0 Å². The summed E-state index contributed by atoms with van der Waals surface area (Å²) < 4.78 is 23.3. The predicted octanol–water partition coefficient (Wildman–Crippen LogP) is 0.884. The van der Waals surface area contributed by atoms with Gasteiger partial charge in [0.05, 0.1) is 11.0 Å². The molecule has 0 aliphatic carbocycles. The Morgan fingerprint density at radius 3 is 2.79 bits per heavy atom. The van der Waals surface area contributed by atoms with E-state index in [1.807, 2.05) is 0 Å². The van der Waals surface area contributed by atoms with Gasteiger partial charge in [0.15, 0.2) is 9.84 Å². The van der Waals surface area contributed by atoms with E-state index in [-0.39, 0.29) is 18.2 Å². The molecule has 1 saturated heterocycles. The molecule has 1 aliphatic rings. The van der Waals surface area contributed by atoms with Crippen molar-refractivity contribution < 1.29 is 13.2 Å². The van der Waals surface area contributed by atoms with E-state index in [0.717, 1.165) is 5.56 Å². The Balaban J connectivity index is 2.02. The molecular formula is C13H18N2O3S. The summed E-state index contributed by atoms with van der Waals surface area (Å²) >= 11 is 0. The average molecular weight is 282 g/mol. The molecule has 1 aromatic carbocycles. The summed E-state index contributed by atoms with van der Waals surface area (Å²) in [6.07, 6.45) is 1.31. The summed E-state index contributed by atoms with van der Waals surface area (Å²) in [6.45, 7) is 1.99. The minimum atomic E-state index is -3.02. The van der Waals surface area contributed by atoms with Crippen molar-refractivity contribution >= 4 is 21.4 Å². The summed E-state index contributed by atoms with van der Waals surface area (Å²) in [5, 5.41) is 2.26. The fraction of sp³-hybridized carbons (Fsp3) is 0.462. The first kappa shape index (κ1) is 13.9. The maximum atomic E-state index is 12.0. The van der Waals surface area contributed by atoms with Crippen LogP contribution in [0.2, 0.25) is 0 Å². The highest BCUT2D eigenvalue weighted by Gasteiger charge is 2.31. The number of aryl methyl sites for hydroxylation is 1. The van der Waals surface area contributed by atoms with Crippen LogP contribution in [0.3, 0.4) is 0 Å². The fourth-order valence-electron chi connectivity index (χ4n) is 2.33. The number of anilines is 1. The Morgan fingerprint density at radius 2 is 2.21 bits per heavy atom. The third kappa shape index (κ3) is 3.07. The normalized spacial score (nSPS) is 21.2. The molecule has 3 N–H and O–H groups in total. The molecule has 1 fully saturated rings. The van der Waals surface area contributed by atoms with E-state index < -0.39 is 15.1 Å². The second-order valence-corrected chi connectivity index (χ2v) is 7.32. The number of carbonyl (C=O) groups excluding carboxylic acids is 1. The Bertz CT molecular complexity index is 596. The van der Waals surface area contributed by atoms with Crippen LogP contribution in [0.4, 0.5) is 5.69 Å². The van der Waals surface area contributed by atoms with E-state index in [9.17, 15) is 13.2 Å². The number of benzene rings is 1. The van der Waals surface area contributed by atoms with E-state index in [4.69, 9.17) is 5.73 Å². The number of rotatable bonds is 3. The first-order valence-electron chi connectivity index (χ1n) is 6.26. The van der Waals surface area contributed by atoms with Gasteiger partial charge in [-0.3, -0.25) is 4.79 Å². The molecule has 0 saturated carbocycles. The van der Waals surface area contributed by atoms with E-state index in [1.165, 1.54) is 0 Å². The van der Waals surface area contributed by atoms with E-state index >= 15 is 0 Å². The van der Waals surface area contributed by atoms with Crippen molar-refractivity contribution in [3.05, 3.63) is 29.3 Å². The number of nitrogens with one attached hydrogen (secondary N) is 1. The lowest BCUT2D eigenvalue weighted by molar-refractivity contribution is 0.0953.